The van der Waals surface area contributed by atoms with E-state index < -0.39 is 0 Å². The van der Waals surface area contributed by atoms with Crippen LogP contribution in [-0.2, 0) is 6.42 Å². The van der Waals surface area contributed by atoms with Crippen LogP contribution in [-0.4, -0.2) is 22.6 Å². The highest BCUT2D eigenvalue weighted by Crippen LogP contribution is 2.65. The van der Waals surface area contributed by atoms with Gasteiger partial charge in [0.1, 0.15) is 5.82 Å². The fourth-order valence-electron chi connectivity index (χ4n) is 4.48. The molecule has 2 aliphatic carbocycles. The number of hydrogen-bond donors (Lipinski definition) is 2. The molecule has 3 atom stereocenters. The van der Waals surface area contributed by atoms with Crippen molar-refractivity contribution >= 4 is 0 Å². The molecule has 3 rings (SSSR count). The summed E-state index contributed by atoms with van der Waals surface area (Å²) in [6.07, 6.45) is 10.2. The Kier molecular flexibility index (Phi) is 3.20. The van der Waals surface area contributed by atoms with Crippen molar-refractivity contribution in [2.75, 3.05) is 6.54 Å². The number of fused-ring (bicyclic) bond motifs is 2. The minimum atomic E-state index is 0.502. The quantitative estimate of drug-likeness (QED) is 0.799. The summed E-state index contributed by atoms with van der Waals surface area (Å²) in [5.74, 6) is 2.04. The SMILES string of the molecule is CC1(C)C2CCC1(C)C(NCCCc1ncc[nH]1)C2. The summed E-state index contributed by atoms with van der Waals surface area (Å²) >= 11 is 0. The largest absolute Gasteiger partial charge is 0.349 e. The van der Waals surface area contributed by atoms with E-state index in [0.717, 1.165) is 30.7 Å². The number of aryl methyl sites for hydroxylation is 1. The highest BCUT2D eigenvalue weighted by molar-refractivity contribution is 5.12. The first-order valence-electron chi connectivity index (χ1n) is 7.76. The number of aromatic nitrogens is 2. The molecule has 1 aromatic heterocycles. The molecule has 0 amide bonds. The highest BCUT2D eigenvalue weighted by atomic mass is 15.0. The normalized spacial score (nSPS) is 35.9. The molecule has 0 saturated heterocycles. The maximum absolute atomic E-state index is 4.28. The number of rotatable bonds is 5. The van der Waals surface area contributed by atoms with E-state index in [4.69, 9.17) is 0 Å². The maximum Gasteiger partial charge on any atom is 0.106 e. The van der Waals surface area contributed by atoms with Crippen molar-refractivity contribution in [2.45, 2.75) is 58.9 Å². The molecule has 3 nitrogen and oxygen atoms in total. The third-order valence-electron chi connectivity index (χ3n) is 6.33. The Morgan fingerprint density at radius 1 is 1.42 bits per heavy atom. The second-order valence-corrected chi connectivity index (χ2v) is 7.26. The number of hydrogen-bond acceptors (Lipinski definition) is 2. The predicted molar refractivity (Wildman–Crippen MR) is 77.9 cm³/mol. The van der Waals surface area contributed by atoms with E-state index in [1.54, 1.807) is 0 Å². The van der Waals surface area contributed by atoms with Crippen LogP contribution in [0.1, 0.15) is 52.3 Å². The number of nitrogens with zero attached hydrogens (tertiary/aromatic N) is 1. The van der Waals surface area contributed by atoms with Gasteiger partial charge in [-0.25, -0.2) is 4.98 Å². The molecule has 2 bridgehead atoms. The van der Waals surface area contributed by atoms with E-state index in [-0.39, 0.29) is 0 Å². The number of H-pyrrole nitrogens is 1. The standard InChI is InChI=1S/C16H27N3/c1-15(2)12-6-7-16(15,3)13(11-12)17-8-4-5-14-18-9-10-19-14/h9-10,12-13,17H,4-8,11H2,1-3H3,(H,18,19). The zero-order valence-corrected chi connectivity index (χ0v) is 12.5. The van der Waals surface area contributed by atoms with E-state index in [0.29, 0.717) is 10.8 Å². The monoisotopic (exact) mass is 261 g/mol. The summed E-state index contributed by atoms with van der Waals surface area (Å²) in [7, 11) is 0. The fraction of sp³-hybridized carbons (Fsp3) is 0.812. The van der Waals surface area contributed by atoms with Crippen LogP contribution in [0.2, 0.25) is 0 Å². The summed E-state index contributed by atoms with van der Waals surface area (Å²) in [5.41, 5.74) is 1.02. The Hall–Kier alpha value is -0.830. The van der Waals surface area contributed by atoms with E-state index >= 15 is 0 Å². The molecule has 0 spiro atoms. The van der Waals surface area contributed by atoms with Crippen molar-refractivity contribution in [3.05, 3.63) is 18.2 Å². The molecule has 0 aromatic carbocycles. The van der Waals surface area contributed by atoms with Gasteiger partial charge in [0.2, 0.25) is 0 Å². The molecule has 3 unspecified atom stereocenters. The van der Waals surface area contributed by atoms with Gasteiger partial charge in [0.05, 0.1) is 0 Å². The first kappa shape index (κ1) is 13.2. The van der Waals surface area contributed by atoms with Gasteiger partial charge in [0, 0.05) is 24.9 Å². The lowest BCUT2D eigenvalue weighted by Crippen LogP contribution is -2.44. The Balaban J connectivity index is 1.49. The Morgan fingerprint density at radius 2 is 2.26 bits per heavy atom. The summed E-state index contributed by atoms with van der Waals surface area (Å²) < 4.78 is 0. The Bertz CT molecular complexity index is 423. The van der Waals surface area contributed by atoms with Gasteiger partial charge in [-0.3, -0.25) is 0 Å². The van der Waals surface area contributed by atoms with Crippen molar-refractivity contribution < 1.29 is 0 Å². The molecule has 2 saturated carbocycles. The zero-order valence-electron chi connectivity index (χ0n) is 12.5. The molecule has 2 fully saturated rings. The van der Waals surface area contributed by atoms with Crippen LogP contribution >= 0.6 is 0 Å². The molecule has 0 aliphatic heterocycles. The lowest BCUT2D eigenvalue weighted by Gasteiger charge is -2.39. The summed E-state index contributed by atoms with van der Waals surface area (Å²) in [6.45, 7) is 8.58. The van der Waals surface area contributed by atoms with Crippen LogP contribution < -0.4 is 5.32 Å². The van der Waals surface area contributed by atoms with E-state index in [9.17, 15) is 0 Å². The van der Waals surface area contributed by atoms with Crippen molar-refractivity contribution in [1.82, 2.24) is 15.3 Å². The average Bonchev–Trinajstić information content (AvgIpc) is 3.00. The van der Waals surface area contributed by atoms with Gasteiger partial charge in [0.15, 0.2) is 0 Å². The van der Waals surface area contributed by atoms with E-state index in [1.165, 1.54) is 25.7 Å². The van der Waals surface area contributed by atoms with Gasteiger partial charge >= 0.3 is 0 Å². The van der Waals surface area contributed by atoms with Gasteiger partial charge in [-0.15, -0.1) is 0 Å². The van der Waals surface area contributed by atoms with Crippen molar-refractivity contribution in [3.8, 4) is 0 Å². The smallest absolute Gasteiger partial charge is 0.106 e. The van der Waals surface area contributed by atoms with Crippen LogP contribution in [0.15, 0.2) is 12.4 Å². The second kappa shape index (κ2) is 4.62. The van der Waals surface area contributed by atoms with Crippen molar-refractivity contribution in [1.29, 1.82) is 0 Å². The molecule has 2 N–H and O–H groups in total. The molecule has 106 valence electrons. The van der Waals surface area contributed by atoms with Crippen LogP contribution in [0, 0.1) is 16.7 Å². The van der Waals surface area contributed by atoms with Crippen LogP contribution in [0.5, 0.6) is 0 Å². The van der Waals surface area contributed by atoms with Gasteiger partial charge in [-0.2, -0.15) is 0 Å². The molecule has 1 aromatic rings. The van der Waals surface area contributed by atoms with Crippen LogP contribution in [0.4, 0.5) is 0 Å². The third kappa shape index (κ3) is 2.03. The van der Waals surface area contributed by atoms with Crippen LogP contribution in [0.25, 0.3) is 0 Å². The zero-order chi connectivity index (χ0) is 13.5. The molecule has 2 aliphatic rings. The van der Waals surface area contributed by atoms with Gasteiger partial charge in [-0.05, 0) is 49.0 Å². The Morgan fingerprint density at radius 3 is 2.84 bits per heavy atom. The second-order valence-electron chi connectivity index (χ2n) is 7.26. The Labute approximate surface area is 116 Å². The average molecular weight is 261 g/mol. The van der Waals surface area contributed by atoms with E-state index in [2.05, 4.69) is 36.1 Å². The summed E-state index contributed by atoms with van der Waals surface area (Å²) in [6, 6.07) is 0.720. The molecule has 1 heterocycles. The first-order valence-corrected chi connectivity index (χ1v) is 7.76. The molecule has 3 heteroatoms. The van der Waals surface area contributed by atoms with Gasteiger partial charge in [-0.1, -0.05) is 20.8 Å². The molecule has 19 heavy (non-hydrogen) atoms. The summed E-state index contributed by atoms with van der Waals surface area (Å²) in [5, 5.41) is 3.83. The lowest BCUT2D eigenvalue weighted by molar-refractivity contribution is 0.121. The minimum absolute atomic E-state index is 0.502. The van der Waals surface area contributed by atoms with E-state index in [1.807, 2.05) is 12.4 Å². The molecular formula is C16H27N3. The number of imidazole rings is 1. The van der Waals surface area contributed by atoms with Gasteiger partial charge < -0.3 is 10.3 Å². The minimum Gasteiger partial charge on any atom is -0.349 e. The predicted octanol–water partition coefficient (Wildman–Crippen LogP) is 3.15. The molecule has 0 radical (unpaired) electrons. The van der Waals surface area contributed by atoms with Crippen molar-refractivity contribution in [3.63, 3.8) is 0 Å². The highest BCUT2D eigenvalue weighted by Gasteiger charge is 2.60. The first-order chi connectivity index (χ1) is 9.04. The van der Waals surface area contributed by atoms with Crippen LogP contribution in [0.3, 0.4) is 0 Å². The number of aromatic amines is 1. The molecular weight excluding hydrogens is 234 g/mol. The lowest BCUT2D eigenvalue weighted by atomic mass is 9.69. The maximum atomic E-state index is 4.28. The van der Waals surface area contributed by atoms with Crippen molar-refractivity contribution in [2.24, 2.45) is 16.7 Å². The fourth-order valence-corrected chi connectivity index (χ4v) is 4.48. The number of nitrogens with one attached hydrogen (secondary N) is 2. The third-order valence-corrected chi connectivity index (χ3v) is 6.33. The van der Waals surface area contributed by atoms with Gasteiger partial charge in [0.25, 0.3) is 0 Å². The summed E-state index contributed by atoms with van der Waals surface area (Å²) in [4.78, 5) is 7.45. The topological polar surface area (TPSA) is 40.7 Å².